The van der Waals surface area contributed by atoms with Gasteiger partial charge in [0.05, 0.1) is 0 Å². The highest BCUT2D eigenvalue weighted by Crippen LogP contribution is 2.24. The zero-order valence-corrected chi connectivity index (χ0v) is 16.0. The van der Waals surface area contributed by atoms with Crippen molar-refractivity contribution >= 4 is 34.5 Å². The molecular weight excluding hydrogens is 371 g/mol. The van der Waals surface area contributed by atoms with Gasteiger partial charge < -0.3 is 14.8 Å². The molecule has 29 heavy (non-hydrogen) atoms. The van der Waals surface area contributed by atoms with Gasteiger partial charge >= 0.3 is 0 Å². The molecule has 1 heterocycles. The predicted molar refractivity (Wildman–Crippen MR) is 109 cm³/mol. The van der Waals surface area contributed by atoms with E-state index in [0.29, 0.717) is 11.3 Å². The van der Waals surface area contributed by atoms with Crippen LogP contribution in [0.4, 0.5) is 10.1 Å². The van der Waals surface area contributed by atoms with E-state index in [1.165, 1.54) is 35.2 Å². The molecule has 0 radical (unpaired) electrons. The maximum atomic E-state index is 13.0. The van der Waals surface area contributed by atoms with Crippen molar-refractivity contribution in [3.8, 4) is 6.07 Å². The Morgan fingerprint density at radius 3 is 2.52 bits per heavy atom. The number of hydrogen-bond acceptors (Lipinski definition) is 3. The molecule has 0 bridgehead atoms. The fourth-order valence-corrected chi connectivity index (χ4v) is 2.95. The molecule has 6 nitrogen and oxygen atoms in total. The molecule has 146 valence electrons. The zero-order valence-electron chi connectivity index (χ0n) is 16.0. The van der Waals surface area contributed by atoms with Crippen LogP contribution in [0.1, 0.15) is 5.56 Å². The van der Waals surface area contributed by atoms with Gasteiger partial charge in [-0.25, -0.2) is 4.39 Å². The standard InChI is InChI=1S/C22H19FN4O2/c1-26(2)22(29)15(12-24)11-16-13-27(20-6-4-3-5-19(16)20)14-21(28)25-18-9-7-17(23)8-10-18/h3-11,13H,14H2,1-2H3,(H,25,28)/b15-11-. The minimum Gasteiger partial charge on any atom is -0.344 e. The molecule has 0 saturated carbocycles. The van der Waals surface area contributed by atoms with Crippen LogP contribution in [-0.4, -0.2) is 35.4 Å². The third-order valence-electron chi connectivity index (χ3n) is 4.32. The molecule has 0 unspecified atom stereocenters. The van der Waals surface area contributed by atoms with Crippen LogP contribution in [0.3, 0.4) is 0 Å². The molecule has 2 aromatic carbocycles. The van der Waals surface area contributed by atoms with Gasteiger partial charge in [0.1, 0.15) is 24.0 Å². The molecule has 0 aliphatic carbocycles. The highest BCUT2D eigenvalue weighted by molar-refractivity contribution is 6.04. The summed E-state index contributed by atoms with van der Waals surface area (Å²) in [4.78, 5) is 25.9. The number of hydrogen-bond donors (Lipinski definition) is 1. The molecule has 0 fully saturated rings. The fraction of sp³-hybridized carbons (Fsp3) is 0.136. The molecule has 0 spiro atoms. The number of aromatic nitrogens is 1. The van der Waals surface area contributed by atoms with E-state index in [9.17, 15) is 19.2 Å². The highest BCUT2D eigenvalue weighted by atomic mass is 19.1. The summed E-state index contributed by atoms with van der Waals surface area (Å²) in [5.41, 5.74) is 1.97. The number of carbonyl (C=O) groups excluding carboxylic acids is 2. The highest BCUT2D eigenvalue weighted by Gasteiger charge is 2.15. The van der Waals surface area contributed by atoms with Crippen LogP contribution in [0, 0.1) is 17.1 Å². The number of nitrogens with one attached hydrogen (secondary N) is 1. The van der Waals surface area contributed by atoms with Crippen LogP contribution in [0.5, 0.6) is 0 Å². The lowest BCUT2D eigenvalue weighted by Gasteiger charge is -2.08. The quantitative estimate of drug-likeness (QED) is 0.536. The van der Waals surface area contributed by atoms with Gasteiger partial charge in [0.2, 0.25) is 5.91 Å². The fourth-order valence-electron chi connectivity index (χ4n) is 2.95. The molecule has 1 N–H and O–H groups in total. The van der Waals surface area contributed by atoms with Crippen LogP contribution in [-0.2, 0) is 16.1 Å². The van der Waals surface area contributed by atoms with Crippen molar-refractivity contribution < 1.29 is 14.0 Å². The lowest BCUT2D eigenvalue weighted by atomic mass is 10.1. The number of fused-ring (bicyclic) bond motifs is 1. The number of carbonyl (C=O) groups is 2. The number of para-hydroxylation sites is 1. The van der Waals surface area contributed by atoms with Gasteiger partial charge in [0.15, 0.2) is 0 Å². The lowest BCUT2D eigenvalue weighted by Crippen LogP contribution is -2.22. The first kappa shape index (κ1) is 19.8. The van der Waals surface area contributed by atoms with Crippen molar-refractivity contribution in [2.75, 3.05) is 19.4 Å². The number of nitriles is 1. The van der Waals surface area contributed by atoms with E-state index in [1.54, 1.807) is 24.9 Å². The Labute approximate surface area is 167 Å². The molecule has 0 saturated heterocycles. The van der Waals surface area contributed by atoms with Gasteiger partial charge in [0, 0.05) is 42.4 Å². The topological polar surface area (TPSA) is 78.1 Å². The Hall–Kier alpha value is -3.92. The summed E-state index contributed by atoms with van der Waals surface area (Å²) in [6.07, 6.45) is 3.26. The third-order valence-corrected chi connectivity index (χ3v) is 4.32. The molecule has 3 aromatic rings. The smallest absolute Gasteiger partial charge is 0.264 e. The molecule has 3 rings (SSSR count). The van der Waals surface area contributed by atoms with Gasteiger partial charge in [0.25, 0.3) is 5.91 Å². The van der Waals surface area contributed by atoms with Crippen molar-refractivity contribution in [1.29, 1.82) is 5.26 Å². The number of likely N-dealkylation sites (N-methyl/N-ethyl adjacent to an activating group) is 1. The molecule has 0 atom stereocenters. The second-order valence-corrected chi connectivity index (χ2v) is 6.65. The Morgan fingerprint density at radius 2 is 1.86 bits per heavy atom. The van der Waals surface area contributed by atoms with Crippen LogP contribution >= 0.6 is 0 Å². The van der Waals surface area contributed by atoms with Gasteiger partial charge in [-0.2, -0.15) is 5.26 Å². The molecule has 2 amide bonds. The predicted octanol–water partition coefficient (Wildman–Crippen LogP) is 3.41. The number of benzene rings is 2. The number of nitrogens with zero attached hydrogens (tertiary/aromatic N) is 3. The summed E-state index contributed by atoms with van der Waals surface area (Å²) in [6, 6.07) is 14.9. The van der Waals surface area contributed by atoms with E-state index in [1.807, 2.05) is 30.3 Å². The molecule has 7 heteroatoms. The summed E-state index contributed by atoms with van der Waals surface area (Å²) in [6.45, 7) is 0.0231. The third kappa shape index (κ3) is 4.50. The number of rotatable bonds is 5. The van der Waals surface area contributed by atoms with Crippen molar-refractivity contribution in [2.45, 2.75) is 6.54 Å². The van der Waals surface area contributed by atoms with Crippen LogP contribution in [0.15, 0.2) is 60.3 Å². The molecular formula is C22H19FN4O2. The van der Waals surface area contributed by atoms with Crippen molar-refractivity contribution in [3.05, 3.63) is 71.7 Å². The lowest BCUT2D eigenvalue weighted by molar-refractivity contribution is -0.124. The first-order valence-electron chi connectivity index (χ1n) is 8.86. The summed E-state index contributed by atoms with van der Waals surface area (Å²) >= 11 is 0. The molecule has 0 aliphatic heterocycles. The Morgan fingerprint density at radius 1 is 1.17 bits per heavy atom. The summed E-state index contributed by atoms with van der Waals surface area (Å²) in [5, 5.41) is 12.9. The number of halogens is 1. The summed E-state index contributed by atoms with van der Waals surface area (Å²) in [7, 11) is 3.16. The normalized spacial score (nSPS) is 11.2. The minimum absolute atomic E-state index is 0.00802. The molecule has 1 aromatic heterocycles. The van der Waals surface area contributed by atoms with E-state index < -0.39 is 5.91 Å². The van der Waals surface area contributed by atoms with Crippen molar-refractivity contribution in [2.24, 2.45) is 0 Å². The average Bonchev–Trinajstić information content (AvgIpc) is 3.04. The van der Waals surface area contributed by atoms with Crippen LogP contribution < -0.4 is 5.32 Å². The Balaban J connectivity index is 1.91. The zero-order chi connectivity index (χ0) is 21.0. The van der Waals surface area contributed by atoms with E-state index in [2.05, 4.69) is 5.32 Å². The second kappa shape index (κ2) is 8.40. The average molecular weight is 390 g/mol. The SMILES string of the molecule is CN(C)C(=O)/C(C#N)=C\c1cn(CC(=O)Nc2ccc(F)cc2)c2ccccc12. The monoisotopic (exact) mass is 390 g/mol. The van der Waals surface area contributed by atoms with Crippen LogP contribution in [0.25, 0.3) is 17.0 Å². The number of amides is 2. The Kier molecular flexibility index (Phi) is 5.74. The maximum Gasteiger partial charge on any atom is 0.264 e. The van der Waals surface area contributed by atoms with Gasteiger partial charge in [-0.15, -0.1) is 0 Å². The van der Waals surface area contributed by atoms with E-state index >= 15 is 0 Å². The number of anilines is 1. The van der Waals surface area contributed by atoms with Gasteiger partial charge in [-0.05, 0) is 36.4 Å². The minimum atomic E-state index is -0.390. The van der Waals surface area contributed by atoms with Crippen LogP contribution in [0.2, 0.25) is 0 Å². The Bertz CT molecular complexity index is 1140. The summed E-state index contributed by atoms with van der Waals surface area (Å²) < 4.78 is 14.8. The van der Waals surface area contributed by atoms with E-state index in [-0.39, 0.29) is 23.8 Å². The van der Waals surface area contributed by atoms with Crippen molar-refractivity contribution in [3.63, 3.8) is 0 Å². The van der Waals surface area contributed by atoms with E-state index in [4.69, 9.17) is 0 Å². The van der Waals surface area contributed by atoms with Crippen molar-refractivity contribution in [1.82, 2.24) is 9.47 Å². The first-order chi connectivity index (χ1) is 13.9. The second-order valence-electron chi connectivity index (χ2n) is 6.65. The van der Waals surface area contributed by atoms with Gasteiger partial charge in [-0.1, -0.05) is 18.2 Å². The summed E-state index contributed by atoms with van der Waals surface area (Å²) in [5.74, 6) is -1.05. The largest absolute Gasteiger partial charge is 0.344 e. The first-order valence-corrected chi connectivity index (χ1v) is 8.86. The van der Waals surface area contributed by atoms with Gasteiger partial charge in [-0.3, -0.25) is 9.59 Å². The maximum absolute atomic E-state index is 13.0. The molecule has 0 aliphatic rings. The van der Waals surface area contributed by atoms with E-state index in [0.717, 1.165) is 10.9 Å².